The van der Waals surface area contributed by atoms with Gasteiger partial charge in [-0.2, -0.15) is 0 Å². The van der Waals surface area contributed by atoms with Crippen molar-refractivity contribution < 1.29 is 13.7 Å². The highest BCUT2D eigenvalue weighted by Gasteiger charge is 2.29. The third kappa shape index (κ3) is 4.26. The molecule has 1 saturated carbocycles. The molecular formula is C13H24N2O3S. The van der Waals surface area contributed by atoms with Crippen molar-refractivity contribution >= 4 is 16.7 Å². The van der Waals surface area contributed by atoms with Crippen LogP contribution in [0.1, 0.15) is 32.6 Å². The van der Waals surface area contributed by atoms with Gasteiger partial charge >= 0.3 is 0 Å². The Bertz CT molecular complexity index is 332. The van der Waals surface area contributed by atoms with E-state index in [2.05, 4.69) is 10.6 Å². The number of amides is 1. The van der Waals surface area contributed by atoms with Crippen LogP contribution in [-0.2, 0) is 20.3 Å². The summed E-state index contributed by atoms with van der Waals surface area (Å²) < 4.78 is 17.2. The van der Waals surface area contributed by atoms with Crippen LogP contribution in [0.3, 0.4) is 0 Å². The van der Waals surface area contributed by atoms with E-state index in [9.17, 15) is 9.00 Å². The lowest BCUT2D eigenvalue weighted by molar-refractivity contribution is -0.126. The molecule has 1 aliphatic heterocycles. The van der Waals surface area contributed by atoms with Crippen LogP contribution in [0.15, 0.2) is 0 Å². The minimum absolute atomic E-state index is 0.0210. The summed E-state index contributed by atoms with van der Waals surface area (Å²) in [6.07, 6.45) is 3.92. The Morgan fingerprint density at radius 3 is 3.00 bits per heavy atom. The van der Waals surface area contributed by atoms with Gasteiger partial charge in [-0.15, -0.1) is 0 Å². The highest BCUT2D eigenvalue weighted by molar-refractivity contribution is 7.85. The maximum atomic E-state index is 12.1. The zero-order chi connectivity index (χ0) is 13.7. The summed E-state index contributed by atoms with van der Waals surface area (Å²) in [5.74, 6) is 0.733. The van der Waals surface area contributed by atoms with E-state index in [1.165, 1.54) is 0 Å². The molecule has 0 bridgehead atoms. The molecule has 1 heterocycles. The van der Waals surface area contributed by atoms with Crippen molar-refractivity contribution in [2.24, 2.45) is 0 Å². The normalized spacial score (nSPS) is 33.6. The first-order valence-electron chi connectivity index (χ1n) is 7.19. The number of hydrogen-bond donors (Lipinski definition) is 2. The fourth-order valence-corrected chi connectivity index (χ4v) is 4.13. The van der Waals surface area contributed by atoms with Crippen molar-refractivity contribution in [3.63, 3.8) is 0 Å². The summed E-state index contributed by atoms with van der Waals surface area (Å²) in [6, 6.07) is -0.0590. The predicted octanol–water partition coefficient (Wildman–Crippen LogP) is 0.171. The van der Waals surface area contributed by atoms with Crippen molar-refractivity contribution in [3.05, 3.63) is 0 Å². The predicted molar refractivity (Wildman–Crippen MR) is 75.5 cm³/mol. The minimum atomic E-state index is -0.745. The van der Waals surface area contributed by atoms with Crippen LogP contribution < -0.4 is 10.6 Å². The van der Waals surface area contributed by atoms with E-state index in [0.29, 0.717) is 19.0 Å². The average molecular weight is 288 g/mol. The van der Waals surface area contributed by atoms with Crippen molar-refractivity contribution in [1.29, 1.82) is 0 Å². The SMILES string of the molecule is CCS(=O)C1CCCC(NC(=O)C2COCCN2)C1. The second-order valence-electron chi connectivity index (χ2n) is 5.25. The molecule has 2 N–H and O–H groups in total. The summed E-state index contributed by atoms with van der Waals surface area (Å²) in [5.41, 5.74) is 0. The number of rotatable bonds is 4. The van der Waals surface area contributed by atoms with Gasteiger partial charge in [-0.05, 0) is 19.3 Å². The first kappa shape index (κ1) is 14.9. The molecule has 2 fully saturated rings. The molecule has 4 atom stereocenters. The summed E-state index contributed by atoms with van der Waals surface area (Å²) in [7, 11) is -0.745. The zero-order valence-electron chi connectivity index (χ0n) is 11.5. The monoisotopic (exact) mass is 288 g/mol. The van der Waals surface area contributed by atoms with Crippen LogP contribution in [0.25, 0.3) is 0 Å². The molecule has 0 aromatic carbocycles. The van der Waals surface area contributed by atoms with Gasteiger partial charge < -0.3 is 15.4 Å². The molecule has 5 nitrogen and oxygen atoms in total. The molecule has 1 amide bonds. The lowest BCUT2D eigenvalue weighted by atomic mass is 9.94. The number of carbonyl (C=O) groups is 1. The maximum absolute atomic E-state index is 12.1. The van der Waals surface area contributed by atoms with Crippen molar-refractivity contribution in [2.75, 3.05) is 25.5 Å². The fourth-order valence-electron chi connectivity index (χ4n) is 2.79. The van der Waals surface area contributed by atoms with Crippen LogP contribution in [0.2, 0.25) is 0 Å². The van der Waals surface area contributed by atoms with E-state index in [0.717, 1.165) is 32.2 Å². The number of nitrogens with one attached hydrogen (secondary N) is 2. The van der Waals surface area contributed by atoms with Gasteiger partial charge in [0.05, 0.1) is 13.2 Å². The van der Waals surface area contributed by atoms with Crippen LogP contribution in [0, 0.1) is 0 Å². The lowest BCUT2D eigenvalue weighted by Gasteiger charge is -2.31. The molecule has 0 aromatic rings. The molecule has 0 aromatic heterocycles. The van der Waals surface area contributed by atoms with E-state index in [-0.39, 0.29) is 23.2 Å². The van der Waals surface area contributed by atoms with Crippen molar-refractivity contribution in [1.82, 2.24) is 10.6 Å². The number of carbonyl (C=O) groups excluding carboxylic acids is 1. The van der Waals surface area contributed by atoms with Crippen LogP contribution in [0.5, 0.6) is 0 Å². The Morgan fingerprint density at radius 1 is 1.47 bits per heavy atom. The fraction of sp³-hybridized carbons (Fsp3) is 0.923. The van der Waals surface area contributed by atoms with Crippen LogP contribution in [0.4, 0.5) is 0 Å². The molecule has 1 aliphatic carbocycles. The Labute approximate surface area is 117 Å². The topological polar surface area (TPSA) is 67.4 Å². The van der Waals surface area contributed by atoms with E-state index < -0.39 is 10.8 Å². The summed E-state index contributed by atoms with van der Waals surface area (Å²) in [5, 5.41) is 6.49. The molecule has 1 saturated heterocycles. The molecule has 4 unspecified atom stereocenters. The molecule has 0 spiro atoms. The average Bonchev–Trinajstić information content (AvgIpc) is 2.47. The summed E-state index contributed by atoms with van der Waals surface area (Å²) in [4.78, 5) is 12.1. The first-order chi connectivity index (χ1) is 9.20. The molecule has 0 radical (unpaired) electrons. The van der Waals surface area contributed by atoms with E-state index in [1.807, 2.05) is 6.92 Å². The molecular weight excluding hydrogens is 264 g/mol. The van der Waals surface area contributed by atoms with Crippen molar-refractivity contribution in [3.8, 4) is 0 Å². The molecule has 2 aliphatic rings. The zero-order valence-corrected chi connectivity index (χ0v) is 12.3. The Balaban J connectivity index is 1.81. The highest BCUT2D eigenvalue weighted by atomic mass is 32.2. The smallest absolute Gasteiger partial charge is 0.239 e. The second kappa shape index (κ2) is 7.36. The van der Waals surface area contributed by atoms with Gasteiger partial charge in [0.25, 0.3) is 0 Å². The number of ether oxygens (including phenoxy) is 1. The Hall–Kier alpha value is -0.460. The Morgan fingerprint density at radius 2 is 2.32 bits per heavy atom. The molecule has 19 heavy (non-hydrogen) atoms. The van der Waals surface area contributed by atoms with Gasteiger partial charge in [0, 0.05) is 34.4 Å². The first-order valence-corrected chi connectivity index (χ1v) is 8.57. The Kier molecular flexibility index (Phi) is 5.78. The third-order valence-electron chi connectivity index (χ3n) is 3.87. The number of morpholine rings is 1. The van der Waals surface area contributed by atoms with E-state index >= 15 is 0 Å². The van der Waals surface area contributed by atoms with Gasteiger partial charge in [0.2, 0.25) is 5.91 Å². The van der Waals surface area contributed by atoms with E-state index in [1.54, 1.807) is 0 Å². The van der Waals surface area contributed by atoms with E-state index in [4.69, 9.17) is 4.74 Å². The second-order valence-corrected chi connectivity index (χ2v) is 7.25. The van der Waals surface area contributed by atoms with Gasteiger partial charge in [-0.25, -0.2) is 0 Å². The summed E-state index contributed by atoms with van der Waals surface area (Å²) in [6.45, 7) is 3.81. The summed E-state index contributed by atoms with van der Waals surface area (Å²) >= 11 is 0. The van der Waals surface area contributed by atoms with Crippen LogP contribution >= 0.6 is 0 Å². The van der Waals surface area contributed by atoms with Crippen LogP contribution in [-0.4, -0.2) is 53.0 Å². The van der Waals surface area contributed by atoms with Gasteiger partial charge in [-0.3, -0.25) is 9.00 Å². The number of hydrogen-bond acceptors (Lipinski definition) is 4. The van der Waals surface area contributed by atoms with Gasteiger partial charge in [0.15, 0.2) is 0 Å². The third-order valence-corrected chi connectivity index (χ3v) is 5.61. The van der Waals surface area contributed by atoms with Gasteiger partial charge in [0.1, 0.15) is 6.04 Å². The lowest BCUT2D eigenvalue weighted by Crippen LogP contribution is -2.54. The van der Waals surface area contributed by atoms with Gasteiger partial charge in [-0.1, -0.05) is 13.3 Å². The highest BCUT2D eigenvalue weighted by Crippen LogP contribution is 2.23. The molecule has 2 rings (SSSR count). The molecule has 6 heteroatoms. The standard InChI is InChI=1S/C13H24N2O3S/c1-2-19(17)11-5-3-4-10(8-11)15-13(16)12-9-18-7-6-14-12/h10-12,14H,2-9H2,1H3,(H,15,16). The van der Waals surface area contributed by atoms with Crippen molar-refractivity contribution in [2.45, 2.75) is 49.9 Å². The largest absolute Gasteiger partial charge is 0.378 e. The quantitative estimate of drug-likeness (QED) is 0.774. The maximum Gasteiger partial charge on any atom is 0.239 e. The molecule has 110 valence electrons. The minimum Gasteiger partial charge on any atom is -0.378 e.